The van der Waals surface area contributed by atoms with Gasteiger partial charge in [0.2, 0.25) is 0 Å². The maximum atomic E-state index is 10.4. The monoisotopic (exact) mass is 166 g/mol. The molecule has 0 radical (unpaired) electrons. The summed E-state index contributed by atoms with van der Waals surface area (Å²) in [7, 11) is 0. The van der Waals surface area contributed by atoms with E-state index in [9.17, 15) is 4.79 Å². The zero-order chi connectivity index (χ0) is 5.70. The van der Waals surface area contributed by atoms with Gasteiger partial charge in [0.25, 0.3) is 0 Å². The van der Waals surface area contributed by atoms with Gasteiger partial charge in [-0.3, -0.25) is 0 Å². The Kier molecular flexibility index (Phi) is 4.47. The van der Waals surface area contributed by atoms with E-state index >= 15 is 0 Å². The summed E-state index contributed by atoms with van der Waals surface area (Å²) in [6, 6.07) is 0. The van der Waals surface area contributed by atoms with Gasteiger partial charge in [0.1, 0.15) is 0 Å². The molecule has 0 fully saturated rings. The number of carbonyl (C=O) groups is 1. The second-order valence-electron chi connectivity index (χ2n) is 1.33. The van der Waals surface area contributed by atoms with Crippen LogP contribution in [0.2, 0.25) is 5.82 Å². The van der Waals surface area contributed by atoms with E-state index in [4.69, 9.17) is 0 Å². The molecule has 0 aliphatic carbocycles. The van der Waals surface area contributed by atoms with Crippen molar-refractivity contribution < 1.29 is 4.79 Å². The van der Waals surface area contributed by atoms with Crippen molar-refractivity contribution in [2.45, 2.75) is 25.6 Å². The molecular formula is C5H10OSe. The molecule has 0 N–H and O–H groups in total. The molecule has 0 aromatic heterocycles. The molecule has 0 heterocycles. The first kappa shape index (κ1) is 7.19. The molecule has 0 rings (SSSR count). The maximum absolute atomic E-state index is 10.4. The first-order valence-electron chi connectivity index (χ1n) is 2.38. The molecule has 1 nitrogen and oxygen atoms in total. The zero-order valence-corrected chi connectivity index (χ0v) is 6.44. The van der Waals surface area contributed by atoms with Crippen molar-refractivity contribution in [1.29, 1.82) is 0 Å². The van der Waals surface area contributed by atoms with Crippen molar-refractivity contribution in [2.75, 3.05) is 0 Å². The van der Waals surface area contributed by atoms with Crippen LogP contribution in [0.5, 0.6) is 0 Å². The van der Waals surface area contributed by atoms with Gasteiger partial charge in [0.15, 0.2) is 0 Å². The summed E-state index contributed by atoms with van der Waals surface area (Å²) in [5.74, 6) is 1.96. The third-order valence-corrected chi connectivity index (χ3v) is 2.07. The molecule has 0 atom stereocenters. The van der Waals surface area contributed by atoms with Gasteiger partial charge in [-0.05, 0) is 0 Å². The van der Waals surface area contributed by atoms with Gasteiger partial charge < -0.3 is 0 Å². The molecule has 7 heavy (non-hydrogen) atoms. The van der Waals surface area contributed by atoms with Crippen LogP contribution in [0.1, 0.15) is 19.8 Å². The first-order valence-corrected chi connectivity index (χ1v) is 4.95. The Morgan fingerprint density at radius 3 is 2.43 bits per heavy atom. The fraction of sp³-hybridized carbons (Fsp3) is 0.800. The topological polar surface area (TPSA) is 17.1 Å². The minimum atomic E-state index is 0.246. The minimum absolute atomic E-state index is 0.246. The predicted octanol–water partition coefficient (Wildman–Crippen LogP) is 1.07. The summed E-state index contributed by atoms with van der Waals surface area (Å²) in [5, 5.41) is 0. The van der Waals surface area contributed by atoms with Crippen molar-refractivity contribution in [3.05, 3.63) is 0 Å². The number of carbonyl (C=O) groups excluding carboxylic acids is 1. The van der Waals surface area contributed by atoms with Crippen LogP contribution in [-0.2, 0) is 4.79 Å². The van der Waals surface area contributed by atoms with Gasteiger partial charge in [-0.1, -0.05) is 0 Å². The SMILES string of the molecule is CCCC(=O)[Se]C. The van der Waals surface area contributed by atoms with Crippen molar-refractivity contribution in [1.82, 2.24) is 0 Å². The van der Waals surface area contributed by atoms with Crippen molar-refractivity contribution >= 4 is 19.6 Å². The Morgan fingerprint density at radius 1 is 1.71 bits per heavy atom. The van der Waals surface area contributed by atoms with Crippen LogP contribution in [-0.4, -0.2) is 19.6 Å². The van der Waals surface area contributed by atoms with Crippen molar-refractivity contribution in [2.24, 2.45) is 0 Å². The number of rotatable bonds is 3. The van der Waals surface area contributed by atoms with E-state index in [0.29, 0.717) is 4.68 Å². The Bertz CT molecular complexity index is 61.1. The third-order valence-electron chi connectivity index (χ3n) is 0.682. The summed E-state index contributed by atoms with van der Waals surface area (Å²) < 4.78 is 0.440. The molecule has 0 spiro atoms. The molecular weight excluding hydrogens is 155 g/mol. The molecule has 0 aromatic rings. The fourth-order valence-electron chi connectivity index (χ4n) is 0.306. The van der Waals surface area contributed by atoms with Gasteiger partial charge in [0, 0.05) is 0 Å². The average molecular weight is 165 g/mol. The Morgan fingerprint density at radius 2 is 2.29 bits per heavy atom. The predicted molar refractivity (Wildman–Crippen MR) is 31.5 cm³/mol. The van der Waals surface area contributed by atoms with E-state index in [2.05, 4.69) is 0 Å². The van der Waals surface area contributed by atoms with E-state index < -0.39 is 0 Å². The molecule has 0 aliphatic heterocycles. The van der Waals surface area contributed by atoms with Crippen molar-refractivity contribution in [3.8, 4) is 0 Å². The quantitative estimate of drug-likeness (QED) is 0.571. The van der Waals surface area contributed by atoms with Crippen LogP contribution in [0.25, 0.3) is 0 Å². The van der Waals surface area contributed by atoms with Crippen LogP contribution in [0.4, 0.5) is 0 Å². The van der Waals surface area contributed by atoms with Crippen molar-refractivity contribution in [3.63, 3.8) is 0 Å². The van der Waals surface area contributed by atoms with E-state index in [1.165, 1.54) is 0 Å². The third kappa shape index (κ3) is 4.03. The Hall–Kier alpha value is 0.189. The van der Waals surface area contributed by atoms with Gasteiger partial charge in [-0.15, -0.1) is 0 Å². The fourth-order valence-corrected chi connectivity index (χ4v) is 1.16. The van der Waals surface area contributed by atoms with E-state index in [-0.39, 0.29) is 15.0 Å². The van der Waals surface area contributed by atoms with Crippen LogP contribution in [0.3, 0.4) is 0 Å². The number of hydrogen-bond acceptors (Lipinski definition) is 1. The molecule has 2 heteroatoms. The van der Waals surface area contributed by atoms with Gasteiger partial charge in [-0.25, -0.2) is 0 Å². The summed E-state index contributed by atoms with van der Waals surface area (Å²) in [4.78, 5) is 10.4. The molecule has 0 aliphatic rings. The summed E-state index contributed by atoms with van der Waals surface area (Å²) in [6.45, 7) is 2.03. The summed E-state index contributed by atoms with van der Waals surface area (Å²) >= 11 is 0.246. The normalized spacial score (nSPS) is 8.86. The van der Waals surface area contributed by atoms with Crippen LogP contribution in [0.15, 0.2) is 0 Å². The van der Waals surface area contributed by atoms with Crippen LogP contribution in [0, 0.1) is 0 Å². The molecule has 0 unspecified atom stereocenters. The molecule has 42 valence electrons. The molecule has 0 saturated heterocycles. The van der Waals surface area contributed by atoms with Gasteiger partial charge in [-0.2, -0.15) is 0 Å². The zero-order valence-electron chi connectivity index (χ0n) is 4.73. The Labute approximate surface area is 50.6 Å². The average Bonchev–Trinajstić information content (AvgIpc) is 1.68. The summed E-state index contributed by atoms with van der Waals surface area (Å²) in [5.41, 5.74) is 0. The Balaban J connectivity index is 3.00. The first-order chi connectivity index (χ1) is 3.31. The van der Waals surface area contributed by atoms with Gasteiger partial charge in [0.05, 0.1) is 0 Å². The molecule has 0 amide bonds. The second kappa shape index (κ2) is 4.35. The van der Waals surface area contributed by atoms with Crippen LogP contribution >= 0.6 is 0 Å². The standard InChI is InChI=1S/C5H10OSe/c1-3-4-5(6)7-2/h3-4H2,1-2H3. The summed E-state index contributed by atoms with van der Waals surface area (Å²) in [6.07, 6.45) is 1.80. The number of hydrogen-bond donors (Lipinski definition) is 0. The molecule has 0 aromatic carbocycles. The van der Waals surface area contributed by atoms with E-state index in [0.717, 1.165) is 12.8 Å². The molecule has 0 saturated carbocycles. The van der Waals surface area contributed by atoms with Crippen LogP contribution < -0.4 is 0 Å². The van der Waals surface area contributed by atoms with Gasteiger partial charge >= 0.3 is 50.0 Å². The van der Waals surface area contributed by atoms with E-state index in [1.807, 2.05) is 12.7 Å². The second-order valence-corrected chi connectivity index (χ2v) is 3.14. The molecule has 0 bridgehead atoms. The van der Waals surface area contributed by atoms with E-state index in [1.54, 1.807) is 0 Å².